The van der Waals surface area contributed by atoms with Crippen LogP contribution in [0.25, 0.3) is 0 Å². The molecule has 4 atom stereocenters. The van der Waals surface area contributed by atoms with Crippen LogP contribution in [0.15, 0.2) is 70.3 Å². The second-order valence-corrected chi connectivity index (χ2v) is 7.83. The highest BCUT2D eigenvalue weighted by molar-refractivity contribution is 9.10. The summed E-state index contributed by atoms with van der Waals surface area (Å²) in [6.07, 6.45) is 5.00. The molecule has 1 fully saturated rings. The summed E-state index contributed by atoms with van der Waals surface area (Å²) < 4.78 is 6.03. The summed E-state index contributed by atoms with van der Waals surface area (Å²) in [4.78, 5) is 25.3. The Bertz CT molecular complexity index is 988. The van der Waals surface area contributed by atoms with Crippen molar-refractivity contribution in [1.82, 2.24) is 5.01 Å². The van der Waals surface area contributed by atoms with E-state index in [-0.39, 0.29) is 10.7 Å². The smallest absolute Gasteiger partial charge is 0.247 e. The molecule has 0 aliphatic carbocycles. The number of fused-ring (bicyclic) bond motifs is 1. The molecule has 2 aromatic carbocycles. The fourth-order valence-corrected chi connectivity index (χ4v) is 4.33. The van der Waals surface area contributed by atoms with E-state index >= 15 is 0 Å². The van der Waals surface area contributed by atoms with E-state index in [1.54, 1.807) is 54.8 Å². The molecule has 29 heavy (non-hydrogen) atoms. The molecule has 2 aromatic rings. The number of allylic oxidation sites excluding steroid dienone is 1. The molecular weight excluding hydrogens is 438 g/mol. The Morgan fingerprint density at radius 2 is 1.86 bits per heavy atom. The molecule has 0 bridgehead atoms. The number of hydrogen-bond acceptors (Lipinski definition) is 6. The molecule has 148 valence electrons. The van der Waals surface area contributed by atoms with Crippen LogP contribution in [0.5, 0.6) is 5.75 Å². The number of hydrazone groups is 1. The number of nitrogens with zero attached hydrogens (tertiary/aromatic N) is 3. The van der Waals surface area contributed by atoms with Gasteiger partial charge in [-0.2, -0.15) is 5.10 Å². The van der Waals surface area contributed by atoms with Crippen LogP contribution in [0.1, 0.15) is 21.8 Å². The summed E-state index contributed by atoms with van der Waals surface area (Å²) >= 11 is 3.40. The molecule has 1 saturated heterocycles. The zero-order chi connectivity index (χ0) is 20.5. The molecule has 2 aliphatic rings. The lowest BCUT2D eigenvalue weighted by Crippen LogP contribution is -2.40. The summed E-state index contributed by atoms with van der Waals surface area (Å²) in [5.74, 6) is -0.211. The van der Waals surface area contributed by atoms with Crippen LogP contribution in [0.2, 0.25) is 0 Å². The first-order valence-electron chi connectivity index (χ1n) is 9.07. The van der Waals surface area contributed by atoms with Crippen molar-refractivity contribution in [2.45, 2.75) is 24.0 Å². The Hall–Kier alpha value is -3.00. The number of ketones is 1. The molecule has 0 N–H and O–H groups in total. The minimum Gasteiger partial charge on any atom is -0.497 e. The summed E-state index contributed by atoms with van der Waals surface area (Å²) in [7, 11) is 1.55. The highest BCUT2D eigenvalue weighted by Crippen LogP contribution is 2.42. The molecule has 0 spiro atoms. The van der Waals surface area contributed by atoms with Gasteiger partial charge in [-0.05, 0) is 48.0 Å². The standard InChI is InChI=1S/C21H18BrN3O4/c1-29-16-10-6-14(7-11-16)21(26)20-18(13-4-8-15(22)9-5-13)19(25(27)28)17-3-2-12-23-24(17)20/h2-12,17-20H,1H3/t17-,18-,19+,20-/m1/s1. The fraction of sp³-hybridized carbons (Fsp3) is 0.238. The third-order valence-electron chi connectivity index (χ3n) is 5.38. The number of Topliss-reactive ketones (excluding diaryl/α,β-unsaturated/α-hetero) is 1. The quantitative estimate of drug-likeness (QED) is 0.390. The van der Waals surface area contributed by atoms with E-state index < -0.39 is 24.0 Å². The van der Waals surface area contributed by atoms with Gasteiger partial charge in [0, 0.05) is 21.2 Å². The zero-order valence-electron chi connectivity index (χ0n) is 15.5. The molecule has 0 amide bonds. The van der Waals surface area contributed by atoms with Crippen LogP contribution in [0.3, 0.4) is 0 Å². The van der Waals surface area contributed by atoms with Crippen molar-refractivity contribution in [3.63, 3.8) is 0 Å². The summed E-state index contributed by atoms with van der Waals surface area (Å²) in [5, 5.41) is 18.0. The second-order valence-electron chi connectivity index (χ2n) is 6.91. The first-order valence-corrected chi connectivity index (χ1v) is 9.87. The van der Waals surface area contributed by atoms with E-state index in [0.717, 1.165) is 10.0 Å². The third kappa shape index (κ3) is 3.44. The van der Waals surface area contributed by atoms with Crippen LogP contribution >= 0.6 is 15.9 Å². The lowest BCUT2D eigenvalue weighted by Gasteiger charge is -2.27. The number of methoxy groups -OCH3 is 1. The molecule has 0 radical (unpaired) electrons. The SMILES string of the molecule is COc1ccc(C(=O)[C@H]2[C@H](c3ccc(Br)cc3)[C@@H]([N+](=O)[O-])[C@H]3C=CC=NN32)cc1. The molecule has 2 heterocycles. The summed E-state index contributed by atoms with van der Waals surface area (Å²) in [6, 6.07) is 11.7. The number of rotatable bonds is 5. The fourth-order valence-electron chi connectivity index (χ4n) is 4.07. The highest BCUT2D eigenvalue weighted by atomic mass is 79.9. The predicted octanol–water partition coefficient (Wildman–Crippen LogP) is 3.68. The molecule has 0 saturated carbocycles. The van der Waals surface area contributed by atoms with Gasteiger partial charge in [-0.15, -0.1) is 0 Å². The average Bonchev–Trinajstić information content (AvgIpc) is 3.09. The molecule has 4 rings (SSSR count). The first-order chi connectivity index (χ1) is 14.0. The maximum absolute atomic E-state index is 13.5. The summed E-state index contributed by atoms with van der Waals surface area (Å²) in [6.45, 7) is 0. The Morgan fingerprint density at radius 3 is 2.48 bits per heavy atom. The van der Waals surface area contributed by atoms with Crippen molar-refractivity contribution in [2.75, 3.05) is 7.11 Å². The molecule has 0 unspecified atom stereocenters. The number of carbonyl (C=O) groups excluding carboxylic acids is 1. The van der Waals surface area contributed by atoms with Crippen molar-refractivity contribution in [2.24, 2.45) is 5.10 Å². The van der Waals surface area contributed by atoms with Gasteiger partial charge in [-0.3, -0.25) is 19.9 Å². The monoisotopic (exact) mass is 455 g/mol. The zero-order valence-corrected chi connectivity index (χ0v) is 17.1. The summed E-state index contributed by atoms with van der Waals surface area (Å²) in [5.41, 5.74) is 1.20. The highest BCUT2D eigenvalue weighted by Gasteiger charge is 2.58. The second kappa shape index (κ2) is 7.79. The lowest BCUT2D eigenvalue weighted by molar-refractivity contribution is -0.525. The van der Waals surface area contributed by atoms with Crippen molar-refractivity contribution in [3.8, 4) is 5.75 Å². The van der Waals surface area contributed by atoms with Gasteiger partial charge in [-0.1, -0.05) is 34.1 Å². The minimum absolute atomic E-state index is 0.206. The Labute approximate surface area is 175 Å². The van der Waals surface area contributed by atoms with Gasteiger partial charge in [0.25, 0.3) is 0 Å². The molecule has 2 aliphatic heterocycles. The molecule has 7 nitrogen and oxygen atoms in total. The number of carbonyl (C=O) groups is 1. The number of hydrogen-bond donors (Lipinski definition) is 0. The van der Waals surface area contributed by atoms with E-state index in [1.165, 1.54) is 0 Å². The van der Waals surface area contributed by atoms with Crippen LogP contribution in [0, 0.1) is 10.1 Å². The molecule has 8 heteroatoms. The largest absolute Gasteiger partial charge is 0.497 e. The van der Waals surface area contributed by atoms with Crippen molar-refractivity contribution in [1.29, 1.82) is 0 Å². The minimum atomic E-state index is -0.989. The van der Waals surface area contributed by atoms with Gasteiger partial charge in [0.1, 0.15) is 17.8 Å². The Morgan fingerprint density at radius 1 is 1.17 bits per heavy atom. The van der Waals surface area contributed by atoms with Crippen LogP contribution in [-0.2, 0) is 0 Å². The van der Waals surface area contributed by atoms with Crippen molar-refractivity contribution in [3.05, 3.63) is 86.4 Å². The number of benzene rings is 2. The lowest BCUT2D eigenvalue weighted by atomic mass is 9.84. The normalized spacial score (nSPS) is 25.0. The van der Waals surface area contributed by atoms with Crippen LogP contribution in [0.4, 0.5) is 0 Å². The van der Waals surface area contributed by atoms with E-state index in [0.29, 0.717) is 11.3 Å². The average molecular weight is 456 g/mol. The van der Waals surface area contributed by atoms with Crippen molar-refractivity contribution >= 4 is 27.9 Å². The number of halogens is 1. The van der Waals surface area contributed by atoms with E-state index in [1.807, 2.05) is 24.3 Å². The first kappa shape index (κ1) is 19.3. The number of ether oxygens (including phenoxy) is 1. The van der Waals surface area contributed by atoms with Crippen molar-refractivity contribution < 1.29 is 14.5 Å². The number of nitro groups is 1. The molecular formula is C21H18BrN3O4. The van der Waals surface area contributed by atoms with E-state index in [9.17, 15) is 14.9 Å². The maximum atomic E-state index is 13.5. The predicted molar refractivity (Wildman–Crippen MR) is 112 cm³/mol. The maximum Gasteiger partial charge on any atom is 0.247 e. The van der Waals surface area contributed by atoms with Gasteiger partial charge in [0.2, 0.25) is 6.04 Å². The van der Waals surface area contributed by atoms with E-state index in [4.69, 9.17) is 4.74 Å². The Balaban J connectivity index is 1.81. The third-order valence-corrected chi connectivity index (χ3v) is 5.91. The van der Waals surface area contributed by atoms with Gasteiger partial charge in [0.15, 0.2) is 5.78 Å². The van der Waals surface area contributed by atoms with E-state index in [2.05, 4.69) is 21.0 Å². The van der Waals surface area contributed by atoms with Gasteiger partial charge in [-0.25, -0.2) is 0 Å². The van der Waals surface area contributed by atoms with Crippen LogP contribution in [-0.4, -0.2) is 47.2 Å². The van der Waals surface area contributed by atoms with Gasteiger partial charge < -0.3 is 4.74 Å². The topological polar surface area (TPSA) is 85.0 Å². The molecule has 0 aromatic heterocycles. The van der Waals surface area contributed by atoms with Crippen LogP contribution < -0.4 is 4.74 Å². The Kier molecular flexibility index (Phi) is 5.19. The van der Waals surface area contributed by atoms with Gasteiger partial charge >= 0.3 is 0 Å². The van der Waals surface area contributed by atoms with Gasteiger partial charge in [0.05, 0.1) is 13.0 Å².